The molecule has 1 aromatic heterocycles. The number of nitrogens with two attached hydrogens (primary N) is 1. The van der Waals surface area contributed by atoms with E-state index in [0.717, 1.165) is 0 Å². The highest BCUT2D eigenvalue weighted by Crippen LogP contribution is 2.00. The molecule has 0 bridgehead atoms. The third kappa shape index (κ3) is 1.27. The van der Waals surface area contributed by atoms with E-state index < -0.39 is 9.92 Å². The van der Waals surface area contributed by atoms with Crippen molar-refractivity contribution in [3.8, 4) is 0 Å². The molecule has 0 fully saturated rings. The highest BCUT2D eigenvalue weighted by atomic mass is 32.2. The topological polar surface area (TPSA) is 95.6 Å². The molecule has 1 unspecified atom stereocenters. The van der Waals surface area contributed by atoms with Gasteiger partial charge < -0.3 is 0 Å². The van der Waals surface area contributed by atoms with Gasteiger partial charge in [0.15, 0.2) is 0 Å². The Morgan fingerprint density at radius 1 is 1.89 bits per heavy atom. The number of nitrogens with zero attached hydrogens (tertiary/aromatic N) is 1. The lowest BCUT2D eigenvalue weighted by atomic mass is 10.7. The molecule has 0 radical (unpaired) electrons. The molecule has 9 heavy (non-hydrogen) atoms. The van der Waals surface area contributed by atoms with E-state index in [1.807, 2.05) is 0 Å². The van der Waals surface area contributed by atoms with Gasteiger partial charge in [-0.25, -0.2) is 14.1 Å². The Kier molecular flexibility index (Phi) is 1.26. The van der Waals surface area contributed by atoms with Gasteiger partial charge in [0.2, 0.25) is 0 Å². The maximum Gasteiger partial charge on any atom is 0.135 e. The van der Waals surface area contributed by atoms with Gasteiger partial charge in [-0.15, -0.1) is 0 Å². The third-order valence-electron chi connectivity index (χ3n) is 0.823. The van der Waals surface area contributed by atoms with Crippen LogP contribution in [0.5, 0.6) is 0 Å². The van der Waals surface area contributed by atoms with E-state index in [-0.39, 0.29) is 4.90 Å². The second-order valence-electron chi connectivity index (χ2n) is 1.53. The standard InChI is InChI=1S/C3H6N4OS/c4-9(5,8)3-1-6-7-2-3/h1-2H,(H,6,7)(H3,4,5,8). The zero-order valence-corrected chi connectivity index (χ0v) is 5.31. The lowest BCUT2D eigenvalue weighted by Gasteiger charge is -1.90. The van der Waals surface area contributed by atoms with E-state index in [1.165, 1.54) is 12.4 Å². The fraction of sp³-hybridized carbons (Fsp3) is 0. The van der Waals surface area contributed by atoms with Gasteiger partial charge >= 0.3 is 0 Å². The predicted octanol–water partition coefficient (Wildman–Crippen LogP) is -0.311. The SMILES string of the molecule is N=S(N)(=O)c1cn[nH]c1. The van der Waals surface area contributed by atoms with Crippen molar-refractivity contribution in [3.63, 3.8) is 0 Å². The van der Waals surface area contributed by atoms with E-state index in [0.29, 0.717) is 0 Å². The molecule has 0 aliphatic heterocycles. The van der Waals surface area contributed by atoms with Crippen molar-refractivity contribution >= 4 is 9.92 Å². The van der Waals surface area contributed by atoms with Crippen LogP contribution in [-0.4, -0.2) is 14.4 Å². The molecule has 0 aliphatic carbocycles. The van der Waals surface area contributed by atoms with Gasteiger partial charge in [0.25, 0.3) is 0 Å². The summed E-state index contributed by atoms with van der Waals surface area (Å²) >= 11 is 0. The van der Waals surface area contributed by atoms with Crippen molar-refractivity contribution in [1.82, 2.24) is 10.2 Å². The monoisotopic (exact) mass is 146 g/mol. The van der Waals surface area contributed by atoms with E-state index in [4.69, 9.17) is 9.92 Å². The Hall–Kier alpha value is -0.880. The zero-order valence-electron chi connectivity index (χ0n) is 4.50. The Balaban J connectivity index is 3.20. The van der Waals surface area contributed by atoms with Crippen molar-refractivity contribution in [2.75, 3.05) is 0 Å². The van der Waals surface area contributed by atoms with E-state index in [9.17, 15) is 4.21 Å². The average molecular weight is 146 g/mol. The van der Waals surface area contributed by atoms with Crippen molar-refractivity contribution in [2.45, 2.75) is 4.90 Å². The normalized spacial score (nSPS) is 17.0. The van der Waals surface area contributed by atoms with Crippen LogP contribution in [0, 0.1) is 4.78 Å². The van der Waals surface area contributed by atoms with Crippen molar-refractivity contribution in [3.05, 3.63) is 12.4 Å². The molecule has 1 rings (SSSR count). The first-order chi connectivity index (χ1) is 4.11. The van der Waals surface area contributed by atoms with Gasteiger partial charge in [-0.2, -0.15) is 5.10 Å². The summed E-state index contributed by atoms with van der Waals surface area (Å²) in [5.41, 5.74) is 0. The van der Waals surface area contributed by atoms with E-state index in [1.54, 1.807) is 0 Å². The lowest BCUT2D eigenvalue weighted by Crippen LogP contribution is -2.08. The predicted molar refractivity (Wildman–Crippen MR) is 31.9 cm³/mol. The molecule has 0 saturated heterocycles. The molecule has 1 atom stereocenters. The number of nitrogens with one attached hydrogen (secondary N) is 2. The zero-order chi connectivity index (χ0) is 6.91. The molecule has 0 saturated carbocycles. The van der Waals surface area contributed by atoms with Crippen LogP contribution in [0.1, 0.15) is 0 Å². The smallest absolute Gasteiger partial charge is 0.135 e. The lowest BCUT2D eigenvalue weighted by molar-refractivity contribution is 0.676. The van der Waals surface area contributed by atoms with Crippen molar-refractivity contribution in [1.29, 1.82) is 4.78 Å². The summed E-state index contributed by atoms with van der Waals surface area (Å²) in [5, 5.41) is 10.8. The minimum atomic E-state index is -3.05. The molecule has 0 aromatic carbocycles. The second-order valence-corrected chi connectivity index (χ2v) is 3.21. The number of H-pyrrole nitrogens is 1. The van der Waals surface area contributed by atoms with Gasteiger partial charge in [-0.1, -0.05) is 0 Å². The van der Waals surface area contributed by atoms with E-state index in [2.05, 4.69) is 10.2 Å². The van der Waals surface area contributed by atoms with Gasteiger partial charge in [0, 0.05) is 6.20 Å². The highest BCUT2D eigenvalue weighted by molar-refractivity contribution is 7.90. The van der Waals surface area contributed by atoms with Gasteiger partial charge in [0.05, 0.1) is 11.1 Å². The minimum Gasteiger partial charge on any atom is -0.284 e. The molecule has 4 N–H and O–H groups in total. The summed E-state index contributed by atoms with van der Waals surface area (Å²) in [6.45, 7) is 0. The highest BCUT2D eigenvalue weighted by Gasteiger charge is 2.01. The van der Waals surface area contributed by atoms with Crippen LogP contribution in [0.25, 0.3) is 0 Å². The van der Waals surface area contributed by atoms with Crippen molar-refractivity contribution in [2.24, 2.45) is 5.14 Å². The van der Waals surface area contributed by atoms with Crippen LogP contribution in [0.2, 0.25) is 0 Å². The molecule has 0 amide bonds. The Bertz CT molecular complexity index is 273. The minimum absolute atomic E-state index is 0.225. The van der Waals surface area contributed by atoms with Gasteiger partial charge in [-0.3, -0.25) is 5.10 Å². The number of hydrogen-bond donors (Lipinski definition) is 3. The molecular weight excluding hydrogens is 140 g/mol. The van der Waals surface area contributed by atoms with Crippen LogP contribution >= 0.6 is 0 Å². The number of rotatable bonds is 1. The fourth-order valence-corrected chi connectivity index (χ4v) is 0.842. The number of aromatic amines is 1. The first-order valence-electron chi connectivity index (χ1n) is 2.16. The quantitative estimate of drug-likeness (QED) is 0.506. The van der Waals surface area contributed by atoms with Crippen LogP contribution in [-0.2, 0) is 9.92 Å². The maximum atomic E-state index is 10.6. The molecule has 50 valence electrons. The summed E-state index contributed by atoms with van der Waals surface area (Å²) in [6, 6.07) is 0. The van der Waals surface area contributed by atoms with Crippen LogP contribution < -0.4 is 5.14 Å². The molecule has 0 aliphatic rings. The Labute approximate surface area is 52.4 Å². The van der Waals surface area contributed by atoms with Gasteiger partial charge in [0.1, 0.15) is 9.92 Å². The summed E-state index contributed by atoms with van der Waals surface area (Å²) in [4.78, 5) is 0.225. The summed E-state index contributed by atoms with van der Waals surface area (Å²) < 4.78 is 17.5. The first-order valence-corrected chi connectivity index (χ1v) is 3.78. The summed E-state index contributed by atoms with van der Waals surface area (Å²) in [7, 11) is -3.05. The van der Waals surface area contributed by atoms with Crippen molar-refractivity contribution < 1.29 is 4.21 Å². The summed E-state index contributed by atoms with van der Waals surface area (Å²) in [5.74, 6) is 0. The Morgan fingerprint density at radius 3 is 2.78 bits per heavy atom. The average Bonchev–Trinajstić information content (AvgIpc) is 2.08. The molecule has 6 heteroatoms. The van der Waals surface area contributed by atoms with Crippen LogP contribution in [0.15, 0.2) is 17.3 Å². The van der Waals surface area contributed by atoms with Gasteiger partial charge in [-0.05, 0) is 0 Å². The molecule has 1 heterocycles. The fourth-order valence-electron chi connectivity index (χ4n) is 0.405. The molecule has 0 spiro atoms. The second kappa shape index (κ2) is 1.82. The van der Waals surface area contributed by atoms with Crippen LogP contribution in [0.4, 0.5) is 0 Å². The molecule has 5 nitrogen and oxygen atoms in total. The summed E-state index contributed by atoms with van der Waals surface area (Å²) in [6.07, 6.45) is 2.62. The molecule has 1 aromatic rings. The van der Waals surface area contributed by atoms with E-state index >= 15 is 0 Å². The Morgan fingerprint density at radius 2 is 2.56 bits per heavy atom. The number of aromatic nitrogens is 2. The molecular formula is C3H6N4OS. The van der Waals surface area contributed by atoms with Crippen LogP contribution in [0.3, 0.4) is 0 Å². The largest absolute Gasteiger partial charge is 0.284 e. The number of hydrogen-bond acceptors (Lipinski definition) is 3. The first kappa shape index (κ1) is 6.24. The third-order valence-corrected chi connectivity index (χ3v) is 1.75. The maximum absolute atomic E-state index is 10.6.